The Morgan fingerprint density at radius 3 is 2.89 bits per heavy atom. The van der Waals surface area contributed by atoms with E-state index >= 15 is 0 Å². The van der Waals surface area contributed by atoms with Crippen LogP contribution in [0.15, 0.2) is 35.9 Å². The number of benzene rings is 1. The lowest BCUT2D eigenvalue weighted by molar-refractivity contribution is 0.102. The van der Waals surface area contributed by atoms with Gasteiger partial charge in [-0.1, -0.05) is 30.3 Å². The molecule has 0 saturated carbocycles. The van der Waals surface area contributed by atoms with Crippen molar-refractivity contribution in [2.24, 2.45) is 0 Å². The molecule has 2 aliphatic rings. The largest absolute Gasteiger partial charge is 0.300 e. The van der Waals surface area contributed by atoms with E-state index in [0.29, 0.717) is 6.04 Å². The van der Waals surface area contributed by atoms with Crippen molar-refractivity contribution in [1.29, 1.82) is 0 Å². The van der Waals surface area contributed by atoms with Crippen molar-refractivity contribution in [1.82, 2.24) is 4.90 Å². The third kappa shape index (κ3) is 2.01. The third-order valence-electron chi connectivity index (χ3n) is 4.19. The minimum absolute atomic E-state index is 0.247. The Labute approximate surface area is 108 Å². The summed E-state index contributed by atoms with van der Waals surface area (Å²) in [5.41, 5.74) is 3.14. The van der Waals surface area contributed by atoms with Crippen LogP contribution in [0.3, 0.4) is 0 Å². The summed E-state index contributed by atoms with van der Waals surface area (Å²) in [4.78, 5) is 14.8. The fourth-order valence-corrected chi connectivity index (χ4v) is 3.05. The molecular formula is C16H19NO. The maximum Gasteiger partial charge on any atom is 0.189 e. The summed E-state index contributed by atoms with van der Waals surface area (Å²) in [6.45, 7) is 1.15. The van der Waals surface area contributed by atoms with Gasteiger partial charge in [0.15, 0.2) is 5.78 Å². The first-order valence-corrected chi connectivity index (χ1v) is 6.79. The van der Waals surface area contributed by atoms with Crippen LogP contribution in [-0.2, 0) is 6.42 Å². The molecule has 0 amide bonds. The molecule has 1 unspecified atom stereocenters. The molecule has 18 heavy (non-hydrogen) atoms. The van der Waals surface area contributed by atoms with Gasteiger partial charge in [0.25, 0.3) is 0 Å². The average molecular weight is 241 g/mol. The van der Waals surface area contributed by atoms with Gasteiger partial charge in [0, 0.05) is 11.6 Å². The highest BCUT2D eigenvalue weighted by atomic mass is 16.1. The zero-order chi connectivity index (χ0) is 12.5. The van der Waals surface area contributed by atoms with Crippen LogP contribution in [0.5, 0.6) is 0 Å². The highest BCUT2D eigenvalue weighted by molar-refractivity contribution is 6.10. The highest BCUT2D eigenvalue weighted by Crippen LogP contribution is 2.27. The van der Waals surface area contributed by atoms with Gasteiger partial charge in [-0.15, -0.1) is 0 Å². The summed E-state index contributed by atoms with van der Waals surface area (Å²) in [6, 6.07) is 8.48. The maximum atomic E-state index is 12.4. The Balaban J connectivity index is 1.88. The molecule has 1 aromatic carbocycles. The summed E-state index contributed by atoms with van der Waals surface area (Å²) in [5.74, 6) is 0.247. The van der Waals surface area contributed by atoms with Gasteiger partial charge in [-0.05, 0) is 50.4 Å². The van der Waals surface area contributed by atoms with E-state index in [1.807, 2.05) is 18.2 Å². The molecule has 2 heteroatoms. The number of ketones is 1. The Bertz CT molecular complexity index is 504. The van der Waals surface area contributed by atoms with E-state index in [4.69, 9.17) is 0 Å². The molecule has 0 aromatic heterocycles. The van der Waals surface area contributed by atoms with Crippen molar-refractivity contribution in [3.05, 3.63) is 47.0 Å². The van der Waals surface area contributed by atoms with Crippen LogP contribution in [-0.4, -0.2) is 30.3 Å². The Hall–Kier alpha value is -1.41. The summed E-state index contributed by atoms with van der Waals surface area (Å²) in [5, 5.41) is 0. The smallest absolute Gasteiger partial charge is 0.189 e. The minimum Gasteiger partial charge on any atom is -0.300 e. The summed E-state index contributed by atoms with van der Waals surface area (Å²) < 4.78 is 0. The topological polar surface area (TPSA) is 20.3 Å². The first-order chi connectivity index (χ1) is 8.75. The lowest BCUT2D eigenvalue weighted by atomic mass is 9.86. The van der Waals surface area contributed by atoms with E-state index < -0.39 is 0 Å². The van der Waals surface area contributed by atoms with Crippen LogP contribution in [0, 0.1) is 0 Å². The molecule has 1 fully saturated rings. The first-order valence-electron chi connectivity index (χ1n) is 6.79. The fraction of sp³-hybridized carbons (Fsp3) is 0.438. The number of hydrogen-bond acceptors (Lipinski definition) is 2. The normalized spacial score (nSPS) is 26.6. The molecule has 1 aliphatic carbocycles. The maximum absolute atomic E-state index is 12.4. The van der Waals surface area contributed by atoms with Gasteiger partial charge in [0.2, 0.25) is 0 Å². The molecule has 0 radical (unpaired) electrons. The number of fused-ring (bicyclic) bond motifs is 1. The SMILES string of the molecule is CN1CCCC1/C=C1\CCc2ccccc2C1=O. The summed E-state index contributed by atoms with van der Waals surface area (Å²) in [6.07, 6.45) is 6.56. The van der Waals surface area contributed by atoms with Gasteiger partial charge in [0.1, 0.15) is 0 Å². The second-order valence-electron chi connectivity index (χ2n) is 5.37. The van der Waals surface area contributed by atoms with E-state index in [-0.39, 0.29) is 5.78 Å². The Kier molecular flexibility index (Phi) is 3.04. The van der Waals surface area contributed by atoms with Crippen LogP contribution in [0.1, 0.15) is 35.2 Å². The Morgan fingerprint density at radius 2 is 2.11 bits per heavy atom. The van der Waals surface area contributed by atoms with Crippen LogP contribution in [0.25, 0.3) is 0 Å². The van der Waals surface area contributed by atoms with Gasteiger partial charge in [-0.25, -0.2) is 0 Å². The number of nitrogens with zero attached hydrogens (tertiary/aromatic N) is 1. The van der Waals surface area contributed by atoms with Crippen LogP contribution < -0.4 is 0 Å². The number of carbonyl (C=O) groups excluding carboxylic acids is 1. The average Bonchev–Trinajstić information content (AvgIpc) is 2.79. The van der Waals surface area contributed by atoms with Crippen LogP contribution in [0.2, 0.25) is 0 Å². The highest BCUT2D eigenvalue weighted by Gasteiger charge is 2.25. The molecule has 1 saturated heterocycles. The number of allylic oxidation sites excluding steroid dienone is 1. The second kappa shape index (κ2) is 4.69. The van der Waals surface area contributed by atoms with Crippen LogP contribution in [0.4, 0.5) is 0 Å². The quantitative estimate of drug-likeness (QED) is 0.705. The van der Waals surface area contributed by atoms with Crippen molar-refractivity contribution < 1.29 is 4.79 Å². The molecule has 1 heterocycles. The van der Waals surface area contributed by atoms with Crippen molar-refractivity contribution >= 4 is 5.78 Å². The third-order valence-corrected chi connectivity index (χ3v) is 4.19. The predicted octanol–water partition coefficient (Wildman–Crippen LogP) is 2.84. The number of hydrogen-bond donors (Lipinski definition) is 0. The Morgan fingerprint density at radius 1 is 1.28 bits per heavy atom. The van der Waals surface area contributed by atoms with Crippen molar-refractivity contribution in [2.75, 3.05) is 13.6 Å². The second-order valence-corrected chi connectivity index (χ2v) is 5.37. The van der Waals surface area contributed by atoms with Crippen molar-refractivity contribution in [3.8, 4) is 0 Å². The lowest BCUT2D eigenvalue weighted by Crippen LogP contribution is -2.25. The standard InChI is InChI=1S/C16H19NO/c1-17-10-4-6-14(17)11-13-9-8-12-5-2-3-7-15(12)16(13)18/h2-3,5,7,11,14H,4,6,8-10H2,1H3/b13-11+. The van der Waals surface area contributed by atoms with E-state index in [0.717, 1.165) is 30.5 Å². The monoisotopic (exact) mass is 241 g/mol. The van der Waals surface area contributed by atoms with Crippen LogP contribution >= 0.6 is 0 Å². The van der Waals surface area contributed by atoms with E-state index in [1.54, 1.807) is 0 Å². The first kappa shape index (κ1) is 11.7. The van der Waals surface area contributed by atoms with Gasteiger partial charge in [-0.3, -0.25) is 9.69 Å². The summed E-state index contributed by atoms with van der Waals surface area (Å²) >= 11 is 0. The number of carbonyl (C=O) groups is 1. The van der Waals surface area contributed by atoms with E-state index in [1.165, 1.54) is 18.4 Å². The van der Waals surface area contributed by atoms with Crippen molar-refractivity contribution in [2.45, 2.75) is 31.7 Å². The fourth-order valence-electron chi connectivity index (χ4n) is 3.05. The number of aryl methyl sites for hydroxylation is 1. The molecule has 0 spiro atoms. The summed E-state index contributed by atoms with van der Waals surface area (Å²) in [7, 11) is 2.15. The predicted molar refractivity (Wildman–Crippen MR) is 72.8 cm³/mol. The molecule has 2 nitrogen and oxygen atoms in total. The molecule has 1 aliphatic heterocycles. The van der Waals surface area contributed by atoms with Gasteiger partial charge < -0.3 is 0 Å². The number of likely N-dealkylation sites (N-methyl/N-ethyl adjacent to an activating group) is 1. The number of Topliss-reactive ketones (excluding diaryl/α,β-unsaturated/α-hetero) is 1. The van der Waals surface area contributed by atoms with Gasteiger partial charge in [0.05, 0.1) is 0 Å². The van der Waals surface area contributed by atoms with Crippen molar-refractivity contribution in [3.63, 3.8) is 0 Å². The molecule has 1 atom stereocenters. The molecule has 1 aromatic rings. The van der Waals surface area contributed by atoms with E-state index in [9.17, 15) is 4.79 Å². The molecule has 0 bridgehead atoms. The van der Waals surface area contributed by atoms with Gasteiger partial charge in [-0.2, -0.15) is 0 Å². The van der Waals surface area contributed by atoms with Gasteiger partial charge >= 0.3 is 0 Å². The molecule has 3 rings (SSSR count). The van der Waals surface area contributed by atoms with E-state index in [2.05, 4.69) is 24.1 Å². The molecule has 94 valence electrons. The zero-order valence-corrected chi connectivity index (χ0v) is 10.9. The number of rotatable bonds is 1. The molecule has 0 N–H and O–H groups in total. The number of likely N-dealkylation sites (tertiary alicyclic amines) is 1. The molecular weight excluding hydrogens is 222 g/mol. The lowest BCUT2D eigenvalue weighted by Gasteiger charge is -2.21. The minimum atomic E-state index is 0.247. The zero-order valence-electron chi connectivity index (χ0n) is 10.9.